The van der Waals surface area contributed by atoms with Crippen LogP contribution in [0.3, 0.4) is 0 Å². The van der Waals surface area contributed by atoms with Gasteiger partial charge in [-0.15, -0.1) is 0 Å². The van der Waals surface area contributed by atoms with E-state index in [0.29, 0.717) is 0 Å². The van der Waals surface area contributed by atoms with Crippen LogP contribution in [-0.2, 0) is 9.59 Å². The van der Waals surface area contributed by atoms with Crippen molar-refractivity contribution in [3.8, 4) is 0 Å². The summed E-state index contributed by atoms with van der Waals surface area (Å²) in [5.74, 6) is 0. The Labute approximate surface area is 68.3 Å². The Bertz CT molecular complexity index is 198. The lowest BCUT2D eigenvalue weighted by atomic mass is 10.6. The highest BCUT2D eigenvalue weighted by Crippen LogP contribution is 1.68. The van der Waals surface area contributed by atoms with Gasteiger partial charge in [0, 0.05) is 12.4 Å². The first kappa shape index (κ1) is 12.5. The van der Waals surface area contributed by atoms with Gasteiger partial charge < -0.3 is 0 Å². The van der Waals surface area contributed by atoms with Crippen LogP contribution in [0.1, 0.15) is 0 Å². The summed E-state index contributed by atoms with van der Waals surface area (Å²) >= 11 is 0. The van der Waals surface area contributed by atoms with Crippen molar-refractivity contribution in [3.05, 3.63) is 24.5 Å². The van der Waals surface area contributed by atoms with E-state index in [1.807, 2.05) is 12.1 Å². The molecule has 0 fully saturated rings. The molecule has 12 heavy (non-hydrogen) atoms. The molecular weight excluding hydrogens is 160 g/mol. The molecule has 0 radical (unpaired) electrons. The van der Waals surface area contributed by atoms with Crippen molar-refractivity contribution < 1.29 is 9.59 Å². The summed E-state index contributed by atoms with van der Waals surface area (Å²) < 4.78 is 0. The Morgan fingerprint density at radius 2 is 1.17 bits per heavy atom. The molecule has 0 saturated heterocycles. The second-order valence-electron chi connectivity index (χ2n) is 1.12. The number of isocyanates is 2. The molecule has 1 rings (SSSR count). The van der Waals surface area contributed by atoms with Crippen LogP contribution < -0.4 is 0 Å². The lowest BCUT2D eigenvalue weighted by Crippen LogP contribution is -1.69. The number of hydrogen-bond donors (Lipinski definition) is 2. The Hall–Kier alpha value is -2.16. The van der Waals surface area contributed by atoms with Crippen molar-refractivity contribution in [3.63, 3.8) is 0 Å². The Morgan fingerprint density at radius 1 is 0.917 bits per heavy atom. The third-order valence-electron chi connectivity index (χ3n) is 0.483. The van der Waals surface area contributed by atoms with Gasteiger partial charge in [-0.05, 0) is 12.1 Å². The van der Waals surface area contributed by atoms with Crippen molar-refractivity contribution >= 4 is 12.2 Å². The van der Waals surface area contributed by atoms with E-state index in [2.05, 4.69) is 10.2 Å². The average Bonchev–Trinajstić information content (AvgIpc) is 2.10. The predicted octanol–water partition coefficient (Wildman–Crippen LogP) is 0.279. The fourth-order valence-corrected chi connectivity index (χ4v) is 0.253. The molecular formula is C6H6N4O2. The SMILES string of the molecule is N=C=O.N=C=O.c1ccnnc1. The summed E-state index contributed by atoms with van der Waals surface area (Å²) in [7, 11) is 0. The highest BCUT2D eigenvalue weighted by Gasteiger charge is 1.59. The Balaban J connectivity index is 0. The van der Waals surface area contributed by atoms with E-state index in [1.54, 1.807) is 12.4 Å². The minimum Gasteiger partial charge on any atom is -0.222 e. The van der Waals surface area contributed by atoms with Crippen LogP contribution in [0, 0.1) is 10.8 Å². The molecule has 0 aromatic carbocycles. The number of rotatable bonds is 0. The quantitative estimate of drug-likeness (QED) is 0.426. The van der Waals surface area contributed by atoms with E-state index in [4.69, 9.17) is 20.4 Å². The second kappa shape index (κ2) is 15.9. The molecule has 62 valence electrons. The summed E-state index contributed by atoms with van der Waals surface area (Å²) in [6.07, 6.45) is 4.78. The summed E-state index contributed by atoms with van der Waals surface area (Å²) in [5, 5.41) is 17.9. The Kier molecular flexibility index (Phi) is 16.6. The fraction of sp³-hybridized carbons (Fsp3) is 0. The van der Waals surface area contributed by atoms with E-state index in [1.165, 1.54) is 0 Å². The maximum Gasteiger partial charge on any atom is 0.231 e. The molecule has 1 aromatic heterocycles. The molecule has 0 saturated carbocycles. The molecule has 1 aromatic rings. The molecule has 0 aliphatic carbocycles. The second-order valence-corrected chi connectivity index (χ2v) is 1.12. The van der Waals surface area contributed by atoms with Gasteiger partial charge in [0.15, 0.2) is 0 Å². The zero-order valence-electron chi connectivity index (χ0n) is 6.02. The van der Waals surface area contributed by atoms with E-state index < -0.39 is 0 Å². The summed E-state index contributed by atoms with van der Waals surface area (Å²) in [6, 6.07) is 3.65. The van der Waals surface area contributed by atoms with Crippen molar-refractivity contribution in [1.29, 1.82) is 10.8 Å². The smallest absolute Gasteiger partial charge is 0.222 e. The van der Waals surface area contributed by atoms with Gasteiger partial charge in [0.1, 0.15) is 0 Å². The lowest BCUT2D eigenvalue weighted by Gasteiger charge is -1.69. The van der Waals surface area contributed by atoms with Crippen LogP contribution in [0.15, 0.2) is 24.5 Å². The minimum absolute atomic E-state index is 0.750. The van der Waals surface area contributed by atoms with Crippen molar-refractivity contribution in [2.45, 2.75) is 0 Å². The normalized spacial score (nSPS) is 5.33. The van der Waals surface area contributed by atoms with Crippen molar-refractivity contribution in [1.82, 2.24) is 10.2 Å². The summed E-state index contributed by atoms with van der Waals surface area (Å²) in [6.45, 7) is 0. The van der Waals surface area contributed by atoms with Gasteiger partial charge in [0.25, 0.3) is 0 Å². The molecule has 0 amide bonds. The highest BCUT2D eigenvalue weighted by atomic mass is 16.1. The standard InChI is InChI=1S/C4H4N2.2CHNO/c1-2-4-6-5-3-1;2*2-1-3/h1-4H;2*2H. The van der Waals surface area contributed by atoms with Gasteiger partial charge in [-0.25, -0.2) is 20.4 Å². The molecule has 0 unspecified atom stereocenters. The lowest BCUT2D eigenvalue weighted by molar-refractivity contribution is 0.562. The topological polar surface area (TPSA) is 108 Å². The van der Waals surface area contributed by atoms with Crippen LogP contribution in [0.5, 0.6) is 0 Å². The molecule has 0 spiro atoms. The molecule has 6 heteroatoms. The maximum atomic E-state index is 8.35. The van der Waals surface area contributed by atoms with Crippen LogP contribution >= 0.6 is 0 Å². The van der Waals surface area contributed by atoms with E-state index >= 15 is 0 Å². The number of nitrogens with zero attached hydrogens (tertiary/aromatic N) is 2. The molecule has 0 bridgehead atoms. The van der Waals surface area contributed by atoms with Crippen LogP contribution in [0.4, 0.5) is 0 Å². The third-order valence-corrected chi connectivity index (χ3v) is 0.483. The third kappa shape index (κ3) is 24.9. The zero-order valence-corrected chi connectivity index (χ0v) is 6.02. The zero-order chi connectivity index (χ0) is 9.66. The van der Waals surface area contributed by atoms with Gasteiger partial charge in [-0.2, -0.15) is 10.2 Å². The first-order chi connectivity index (χ1) is 5.83. The van der Waals surface area contributed by atoms with Crippen molar-refractivity contribution in [2.75, 3.05) is 0 Å². The largest absolute Gasteiger partial charge is 0.231 e. The van der Waals surface area contributed by atoms with Crippen molar-refractivity contribution in [2.24, 2.45) is 0 Å². The fourth-order valence-electron chi connectivity index (χ4n) is 0.253. The van der Waals surface area contributed by atoms with Gasteiger partial charge >= 0.3 is 0 Å². The number of aromatic nitrogens is 2. The monoisotopic (exact) mass is 166 g/mol. The van der Waals surface area contributed by atoms with Crippen LogP contribution in [0.25, 0.3) is 0 Å². The number of hydrogen-bond acceptors (Lipinski definition) is 6. The first-order valence-electron chi connectivity index (χ1n) is 2.62. The van der Waals surface area contributed by atoms with Gasteiger partial charge in [-0.1, -0.05) is 0 Å². The Morgan fingerprint density at radius 3 is 1.25 bits per heavy atom. The molecule has 1 heterocycles. The highest BCUT2D eigenvalue weighted by molar-refractivity contribution is 5.26. The molecule has 0 aliphatic rings. The van der Waals surface area contributed by atoms with Gasteiger partial charge in [0.05, 0.1) is 0 Å². The van der Waals surface area contributed by atoms with Gasteiger partial charge in [-0.3, -0.25) is 0 Å². The molecule has 0 aliphatic heterocycles. The minimum atomic E-state index is 0.750. The number of carbonyl (C=O) groups excluding carboxylic acids is 2. The van der Waals surface area contributed by atoms with E-state index in [-0.39, 0.29) is 0 Å². The summed E-state index contributed by atoms with van der Waals surface area (Å²) in [4.78, 5) is 16.7. The number of nitrogens with one attached hydrogen (secondary N) is 2. The van der Waals surface area contributed by atoms with Crippen LogP contribution in [0.2, 0.25) is 0 Å². The van der Waals surface area contributed by atoms with E-state index in [0.717, 1.165) is 12.2 Å². The van der Waals surface area contributed by atoms with E-state index in [9.17, 15) is 0 Å². The molecule has 6 nitrogen and oxygen atoms in total. The predicted molar refractivity (Wildman–Crippen MR) is 38.9 cm³/mol. The molecule has 2 N–H and O–H groups in total. The molecule has 0 atom stereocenters. The summed E-state index contributed by atoms with van der Waals surface area (Å²) in [5.41, 5.74) is 0. The first-order valence-corrected chi connectivity index (χ1v) is 2.62. The van der Waals surface area contributed by atoms with Crippen LogP contribution in [-0.4, -0.2) is 22.4 Å². The maximum absolute atomic E-state index is 8.35. The van der Waals surface area contributed by atoms with Gasteiger partial charge in [0.2, 0.25) is 12.2 Å². The average molecular weight is 166 g/mol.